The van der Waals surface area contributed by atoms with E-state index in [9.17, 15) is 0 Å². The summed E-state index contributed by atoms with van der Waals surface area (Å²) in [4.78, 5) is 5.28. The number of nitrogens with zero attached hydrogens (tertiary/aromatic N) is 2. The molecule has 1 fully saturated rings. The Labute approximate surface area is 171 Å². The second-order valence-electron chi connectivity index (χ2n) is 7.98. The van der Waals surface area contributed by atoms with Crippen LogP contribution in [0.25, 0.3) is 0 Å². The lowest BCUT2D eigenvalue weighted by Crippen LogP contribution is -2.37. The van der Waals surface area contributed by atoms with Gasteiger partial charge in [0.25, 0.3) is 0 Å². The van der Waals surface area contributed by atoms with E-state index < -0.39 is 0 Å². The number of piperidine rings is 1. The predicted molar refractivity (Wildman–Crippen MR) is 119 cm³/mol. The van der Waals surface area contributed by atoms with Crippen LogP contribution in [0.1, 0.15) is 43.7 Å². The molecule has 0 bridgehead atoms. The van der Waals surface area contributed by atoms with Gasteiger partial charge >= 0.3 is 0 Å². The number of hydrogen-bond donors (Lipinski definition) is 0. The third-order valence-electron chi connectivity index (χ3n) is 6.27. The lowest BCUT2D eigenvalue weighted by molar-refractivity contribution is 0.171. The van der Waals surface area contributed by atoms with Crippen molar-refractivity contribution in [1.29, 1.82) is 0 Å². The van der Waals surface area contributed by atoms with E-state index in [1.807, 2.05) is 0 Å². The Kier molecular flexibility index (Phi) is 7.20. The highest BCUT2D eigenvalue weighted by atomic mass is 35.5. The van der Waals surface area contributed by atoms with Crippen molar-refractivity contribution in [2.24, 2.45) is 5.92 Å². The number of hydrogen-bond acceptors (Lipinski definition) is 2. The standard InChI is InChI=1S/C24H32N2.ClH/c1-2-20-9-7-16-25(19-20)17-8-18-26-23-12-5-3-10-21(23)14-15-22-11-4-6-13-24(22)26;/h3-6,10-13,20H,2,7-9,14-19H2,1H3;1H. The first-order valence-electron chi connectivity index (χ1n) is 10.5. The van der Waals surface area contributed by atoms with E-state index in [1.54, 1.807) is 0 Å². The molecule has 1 saturated heterocycles. The zero-order chi connectivity index (χ0) is 17.8. The van der Waals surface area contributed by atoms with Crippen LogP contribution in [-0.2, 0) is 12.8 Å². The summed E-state index contributed by atoms with van der Waals surface area (Å²) in [5, 5.41) is 0. The highest BCUT2D eigenvalue weighted by Crippen LogP contribution is 2.35. The van der Waals surface area contributed by atoms with E-state index in [4.69, 9.17) is 0 Å². The van der Waals surface area contributed by atoms with Crippen molar-refractivity contribution in [2.75, 3.05) is 31.1 Å². The molecule has 2 aliphatic heterocycles. The van der Waals surface area contributed by atoms with E-state index >= 15 is 0 Å². The van der Waals surface area contributed by atoms with Crippen LogP contribution < -0.4 is 4.90 Å². The maximum atomic E-state index is 2.70. The van der Waals surface area contributed by atoms with Crippen LogP contribution in [0.3, 0.4) is 0 Å². The molecule has 0 amide bonds. The molecular formula is C24H33ClN2. The third kappa shape index (κ3) is 4.67. The summed E-state index contributed by atoms with van der Waals surface area (Å²) >= 11 is 0. The number of anilines is 2. The van der Waals surface area contributed by atoms with Crippen LogP contribution in [0.4, 0.5) is 11.4 Å². The molecule has 2 aromatic carbocycles. The van der Waals surface area contributed by atoms with Crippen molar-refractivity contribution in [1.82, 2.24) is 4.90 Å². The topological polar surface area (TPSA) is 6.48 Å². The van der Waals surface area contributed by atoms with Crippen molar-refractivity contribution in [3.63, 3.8) is 0 Å². The fraction of sp³-hybridized carbons (Fsp3) is 0.500. The summed E-state index contributed by atoms with van der Waals surface area (Å²) in [5.41, 5.74) is 5.82. The molecular weight excluding hydrogens is 352 g/mol. The fourth-order valence-corrected chi connectivity index (χ4v) is 4.75. The molecule has 2 aliphatic rings. The number of aryl methyl sites for hydroxylation is 2. The molecule has 1 atom stereocenters. The summed E-state index contributed by atoms with van der Waals surface area (Å²) in [5.74, 6) is 0.920. The Hall–Kier alpha value is -1.51. The highest BCUT2D eigenvalue weighted by Gasteiger charge is 2.21. The first-order chi connectivity index (χ1) is 12.8. The number of fused-ring (bicyclic) bond motifs is 2. The summed E-state index contributed by atoms with van der Waals surface area (Å²) < 4.78 is 0. The Morgan fingerprint density at radius 1 is 0.889 bits per heavy atom. The minimum absolute atomic E-state index is 0. The summed E-state index contributed by atoms with van der Waals surface area (Å²) in [6.07, 6.45) is 7.68. The molecule has 27 heavy (non-hydrogen) atoms. The van der Waals surface area contributed by atoms with Crippen LogP contribution >= 0.6 is 12.4 Å². The number of para-hydroxylation sites is 2. The van der Waals surface area contributed by atoms with E-state index in [-0.39, 0.29) is 12.4 Å². The first-order valence-corrected chi connectivity index (χ1v) is 10.5. The molecule has 0 N–H and O–H groups in total. The van der Waals surface area contributed by atoms with E-state index in [1.165, 1.54) is 67.8 Å². The van der Waals surface area contributed by atoms with Crippen LogP contribution in [0.5, 0.6) is 0 Å². The minimum atomic E-state index is 0. The van der Waals surface area contributed by atoms with Gasteiger partial charge in [-0.1, -0.05) is 49.7 Å². The summed E-state index contributed by atoms with van der Waals surface area (Å²) in [7, 11) is 0. The normalized spacial score (nSPS) is 19.6. The molecule has 0 aromatic heterocycles. The van der Waals surface area contributed by atoms with Crippen molar-refractivity contribution in [2.45, 2.75) is 45.4 Å². The van der Waals surface area contributed by atoms with Crippen molar-refractivity contribution in [3.05, 3.63) is 59.7 Å². The second kappa shape index (κ2) is 9.61. The average Bonchev–Trinajstić information content (AvgIpc) is 2.86. The van der Waals surface area contributed by atoms with Crippen molar-refractivity contribution >= 4 is 23.8 Å². The van der Waals surface area contributed by atoms with Gasteiger partial charge in [0.05, 0.1) is 0 Å². The van der Waals surface area contributed by atoms with Crippen molar-refractivity contribution in [3.8, 4) is 0 Å². The van der Waals surface area contributed by atoms with Gasteiger partial charge in [-0.2, -0.15) is 0 Å². The van der Waals surface area contributed by atoms with Gasteiger partial charge in [0.1, 0.15) is 0 Å². The Morgan fingerprint density at radius 2 is 1.52 bits per heavy atom. The molecule has 3 heteroatoms. The van der Waals surface area contributed by atoms with Gasteiger partial charge in [-0.05, 0) is 74.4 Å². The minimum Gasteiger partial charge on any atom is -0.341 e. The number of likely N-dealkylation sites (tertiary alicyclic amines) is 1. The lowest BCUT2D eigenvalue weighted by atomic mass is 9.95. The van der Waals surface area contributed by atoms with Gasteiger partial charge in [0.15, 0.2) is 0 Å². The zero-order valence-corrected chi connectivity index (χ0v) is 17.4. The maximum Gasteiger partial charge on any atom is 0.0443 e. The lowest BCUT2D eigenvalue weighted by Gasteiger charge is -2.33. The van der Waals surface area contributed by atoms with Crippen LogP contribution in [0.15, 0.2) is 48.5 Å². The molecule has 0 spiro atoms. The molecule has 0 aliphatic carbocycles. The fourth-order valence-electron chi connectivity index (χ4n) is 4.75. The van der Waals surface area contributed by atoms with Crippen LogP contribution in [0.2, 0.25) is 0 Å². The van der Waals surface area contributed by atoms with Gasteiger partial charge in [-0.3, -0.25) is 0 Å². The van der Waals surface area contributed by atoms with Crippen molar-refractivity contribution < 1.29 is 0 Å². The largest absolute Gasteiger partial charge is 0.341 e. The highest BCUT2D eigenvalue weighted by molar-refractivity contribution is 5.85. The van der Waals surface area contributed by atoms with Gasteiger partial charge in [0.2, 0.25) is 0 Å². The second-order valence-corrected chi connectivity index (χ2v) is 7.98. The predicted octanol–water partition coefficient (Wildman–Crippen LogP) is 5.86. The molecule has 4 rings (SSSR count). The number of halogens is 1. The Balaban J connectivity index is 0.00000210. The Morgan fingerprint density at radius 3 is 2.15 bits per heavy atom. The van der Waals surface area contributed by atoms with Crippen LogP contribution in [0, 0.1) is 5.92 Å². The molecule has 1 unspecified atom stereocenters. The van der Waals surface area contributed by atoms with Gasteiger partial charge in [-0.25, -0.2) is 0 Å². The summed E-state index contributed by atoms with van der Waals surface area (Å²) in [6, 6.07) is 18.0. The Bertz CT molecular complexity index is 682. The first kappa shape index (κ1) is 20.2. The molecule has 2 aromatic rings. The molecule has 0 radical (unpaired) electrons. The maximum absolute atomic E-state index is 2.70. The third-order valence-corrected chi connectivity index (χ3v) is 6.27. The average molecular weight is 385 g/mol. The molecule has 146 valence electrons. The molecule has 0 saturated carbocycles. The SMILES string of the molecule is CCC1CCCN(CCCN2c3ccccc3CCc3ccccc32)C1.Cl. The van der Waals surface area contributed by atoms with Gasteiger partial charge in [0, 0.05) is 24.5 Å². The quantitative estimate of drug-likeness (QED) is 0.637. The molecule has 2 heterocycles. The zero-order valence-electron chi connectivity index (χ0n) is 16.6. The van der Waals surface area contributed by atoms with Gasteiger partial charge < -0.3 is 9.80 Å². The monoisotopic (exact) mass is 384 g/mol. The van der Waals surface area contributed by atoms with Gasteiger partial charge in [-0.15, -0.1) is 12.4 Å². The summed E-state index contributed by atoms with van der Waals surface area (Å²) in [6.45, 7) is 7.30. The number of benzene rings is 2. The van der Waals surface area contributed by atoms with E-state index in [0.717, 1.165) is 25.3 Å². The van der Waals surface area contributed by atoms with E-state index in [2.05, 4.69) is 65.3 Å². The van der Waals surface area contributed by atoms with Crippen LogP contribution in [-0.4, -0.2) is 31.1 Å². The smallest absolute Gasteiger partial charge is 0.0443 e. The van der Waals surface area contributed by atoms with E-state index in [0.29, 0.717) is 0 Å². The number of rotatable bonds is 5. The molecule has 2 nitrogen and oxygen atoms in total.